The quantitative estimate of drug-likeness (QED) is 0.664. The van der Waals surface area contributed by atoms with Gasteiger partial charge in [-0.1, -0.05) is 28.1 Å². The van der Waals surface area contributed by atoms with Crippen LogP contribution >= 0.6 is 31.9 Å². The second-order valence-electron chi connectivity index (χ2n) is 4.89. The van der Waals surface area contributed by atoms with Crippen molar-refractivity contribution >= 4 is 31.9 Å². The van der Waals surface area contributed by atoms with E-state index >= 15 is 0 Å². The third kappa shape index (κ3) is 3.71. The fourth-order valence-corrected chi connectivity index (χ4v) is 3.38. The Morgan fingerprint density at radius 3 is 2.43 bits per heavy atom. The first-order valence-electron chi connectivity index (χ1n) is 6.49. The van der Waals surface area contributed by atoms with Crippen molar-refractivity contribution in [3.63, 3.8) is 0 Å². The monoisotopic (exact) mass is 417 g/mol. The van der Waals surface area contributed by atoms with E-state index < -0.39 is 11.6 Å². The SMILES string of the molecule is CNC(Cc1c(F)ccc(Br)c1F)c1ccc(C)cc1Br. The molecule has 0 aromatic heterocycles. The van der Waals surface area contributed by atoms with Gasteiger partial charge in [-0.2, -0.15) is 0 Å². The van der Waals surface area contributed by atoms with Crippen LogP contribution in [0.25, 0.3) is 0 Å². The molecule has 0 spiro atoms. The molecule has 0 saturated carbocycles. The van der Waals surface area contributed by atoms with Crippen LogP contribution in [0.15, 0.2) is 39.3 Å². The van der Waals surface area contributed by atoms with E-state index in [2.05, 4.69) is 37.2 Å². The Morgan fingerprint density at radius 1 is 1.10 bits per heavy atom. The predicted octanol–water partition coefficient (Wildman–Crippen LogP) is 5.30. The lowest BCUT2D eigenvalue weighted by Crippen LogP contribution is -2.20. The zero-order chi connectivity index (χ0) is 15.6. The summed E-state index contributed by atoms with van der Waals surface area (Å²) < 4.78 is 29.2. The molecule has 0 aliphatic heterocycles. The van der Waals surface area contributed by atoms with E-state index in [0.717, 1.165) is 15.6 Å². The van der Waals surface area contributed by atoms with Crippen molar-refractivity contribution in [3.8, 4) is 0 Å². The predicted molar refractivity (Wildman–Crippen MR) is 88.4 cm³/mol. The number of aryl methyl sites for hydroxylation is 1. The van der Waals surface area contributed by atoms with E-state index in [1.54, 1.807) is 7.05 Å². The Labute approximate surface area is 140 Å². The number of hydrogen-bond acceptors (Lipinski definition) is 1. The molecule has 0 aliphatic carbocycles. The van der Waals surface area contributed by atoms with Crippen molar-refractivity contribution in [2.24, 2.45) is 0 Å². The van der Waals surface area contributed by atoms with Gasteiger partial charge in [0.2, 0.25) is 0 Å². The summed E-state index contributed by atoms with van der Waals surface area (Å²) in [5.41, 5.74) is 2.18. The van der Waals surface area contributed by atoms with Gasteiger partial charge in [-0.3, -0.25) is 0 Å². The van der Waals surface area contributed by atoms with Gasteiger partial charge in [0.1, 0.15) is 11.6 Å². The minimum absolute atomic E-state index is 0.0798. The summed E-state index contributed by atoms with van der Waals surface area (Å²) in [6, 6.07) is 8.42. The summed E-state index contributed by atoms with van der Waals surface area (Å²) in [6.07, 6.45) is 0.231. The highest BCUT2D eigenvalue weighted by atomic mass is 79.9. The van der Waals surface area contributed by atoms with Crippen LogP contribution in [-0.4, -0.2) is 7.05 Å². The number of likely N-dealkylation sites (N-methyl/N-ethyl adjacent to an activating group) is 1. The fourth-order valence-electron chi connectivity index (χ4n) is 2.24. The zero-order valence-corrected chi connectivity index (χ0v) is 14.9. The highest BCUT2D eigenvalue weighted by Crippen LogP contribution is 2.30. The molecule has 0 amide bonds. The van der Waals surface area contributed by atoms with Crippen LogP contribution < -0.4 is 5.32 Å². The van der Waals surface area contributed by atoms with Gasteiger partial charge in [0, 0.05) is 16.1 Å². The Morgan fingerprint density at radius 2 is 1.81 bits per heavy atom. The van der Waals surface area contributed by atoms with Gasteiger partial charge >= 0.3 is 0 Å². The van der Waals surface area contributed by atoms with Crippen molar-refractivity contribution in [2.45, 2.75) is 19.4 Å². The third-order valence-corrected chi connectivity index (χ3v) is 4.73. The van der Waals surface area contributed by atoms with Crippen LogP contribution in [0.5, 0.6) is 0 Å². The Bertz CT molecular complexity index is 659. The van der Waals surface area contributed by atoms with Gasteiger partial charge in [-0.15, -0.1) is 0 Å². The van der Waals surface area contributed by atoms with Crippen molar-refractivity contribution in [1.82, 2.24) is 5.32 Å². The number of rotatable bonds is 4. The molecule has 5 heteroatoms. The van der Waals surface area contributed by atoms with E-state index in [1.807, 2.05) is 25.1 Å². The van der Waals surface area contributed by atoms with Crippen LogP contribution in [0, 0.1) is 18.6 Å². The first kappa shape index (κ1) is 16.6. The molecule has 0 aliphatic rings. The molecule has 21 heavy (non-hydrogen) atoms. The van der Waals surface area contributed by atoms with E-state index in [1.165, 1.54) is 12.1 Å². The molecular formula is C16H15Br2F2N. The maximum absolute atomic E-state index is 14.1. The molecule has 2 rings (SSSR count). The molecule has 1 unspecified atom stereocenters. The lowest BCUT2D eigenvalue weighted by molar-refractivity contribution is 0.512. The molecule has 112 valence electrons. The van der Waals surface area contributed by atoms with Gasteiger partial charge in [-0.05, 0) is 65.6 Å². The summed E-state index contributed by atoms with van der Waals surface area (Å²) >= 11 is 6.62. The van der Waals surface area contributed by atoms with Crippen molar-refractivity contribution < 1.29 is 8.78 Å². The lowest BCUT2D eigenvalue weighted by atomic mass is 9.97. The van der Waals surface area contributed by atoms with Crippen LogP contribution in [-0.2, 0) is 6.42 Å². The van der Waals surface area contributed by atoms with Crippen molar-refractivity contribution in [3.05, 3.63) is 67.6 Å². The molecule has 1 atom stereocenters. The second-order valence-corrected chi connectivity index (χ2v) is 6.60. The molecule has 2 aromatic rings. The average molecular weight is 419 g/mol. The number of benzene rings is 2. The van der Waals surface area contributed by atoms with Crippen LogP contribution in [0.2, 0.25) is 0 Å². The van der Waals surface area contributed by atoms with Crippen LogP contribution in [0.4, 0.5) is 8.78 Å². The highest BCUT2D eigenvalue weighted by Gasteiger charge is 2.19. The summed E-state index contributed by atoms with van der Waals surface area (Å²) in [7, 11) is 1.78. The highest BCUT2D eigenvalue weighted by molar-refractivity contribution is 9.10. The smallest absolute Gasteiger partial charge is 0.143 e. The molecule has 0 bridgehead atoms. The Kier molecular flexibility index (Phi) is 5.52. The van der Waals surface area contributed by atoms with Crippen molar-refractivity contribution in [2.75, 3.05) is 7.05 Å². The maximum atomic E-state index is 14.1. The Hall–Kier alpha value is -0.780. The normalized spacial score (nSPS) is 12.5. The lowest BCUT2D eigenvalue weighted by Gasteiger charge is -2.19. The summed E-state index contributed by atoms with van der Waals surface area (Å²) in [4.78, 5) is 0. The van der Waals surface area contributed by atoms with Gasteiger partial charge in [0.05, 0.1) is 4.47 Å². The third-order valence-electron chi connectivity index (χ3n) is 3.43. The summed E-state index contributed by atoms with van der Waals surface area (Å²) in [5.74, 6) is -1.07. The van der Waals surface area contributed by atoms with E-state index in [0.29, 0.717) is 0 Å². The van der Waals surface area contributed by atoms with E-state index in [4.69, 9.17) is 0 Å². The standard InChI is InChI=1S/C16H15Br2F2N/c1-9-3-4-10(13(18)7-9)15(21-2)8-11-14(19)6-5-12(17)16(11)20/h3-7,15,21H,8H2,1-2H3. The number of hydrogen-bond donors (Lipinski definition) is 1. The minimum atomic E-state index is -0.543. The largest absolute Gasteiger partial charge is 0.313 e. The molecule has 0 saturated heterocycles. The fraction of sp³-hybridized carbons (Fsp3) is 0.250. The molecule has 2 aromatic carbocycles. The minimum Gasteiger partial charge on any atom is -0.313 e. The zero-order valence-electron chi connectivity index (χ0n) is 11.7. The van der Waals surface area contributed by atoms with E-state index in [9.17, 15) is 8.78 Å². The first-order valence-corrected chi connectivity index (χ1v) is 8.08. The van der Waals surface area contributed by atoms with Crippen LogP contribution in [0.3, 0.4) is 0 Å². The topological polar surface area (TPSA) is 12.0 Å². The van der Waals surface area contributed by atoms with Gasteiger partial charge in [0.25, 0.3) is 0 Å². The van der Waals surface area contributed by atoms with E-state index in [-0.39, 0.29) is 22.5 Å². The summed E-state index contributed by atoms with van der Waals surface area (Å²) in [5, 5.41) is 3.12. The number of nitrogens with one attached hydrogen (secondary N) is 1. The molecule has 0 heterocycles. The second kappa shape index (κ2) is 6.99. The maximum Gasteiger partial charge on any atom is 0.143 e. The van der Waals surface area contributed by atoms with Gasteiger partial charge in [0.15, 0.2) is 0 Å². The molecule has 1 N–H and O–H groups in total. The Balaban J connectivity index is 2.38. The molecule has 0 fully saturated rings. The van der Waals surface area contributed by atoms with Gasteiger partial charge < -0.3 is 5.32 Å². The van der Waals surface area contributed by atoms with Crippen LogP contribution in [0.1, 0.15) is 22.7 Å². The summed E-state index contributed by atoms with van der Waals surface area (Å²) in [6.45, 7) is 2.00. The number of halogens is 4. The van der Waals surface area contributed by atoms with Crippen molar-refractivity contribution in [1.29, 1.82) is 0 Å². The molecule has 0 radical (unpaired) electrons. The molecular weight excluding hydrogens is 404 g/mol. The molecule has 1 nitrogen and oxygen atoms in total. The first-order chi connectivity index (χ1) is 9.93. The van der Waals surface area contributed by atoms with Gasteiger partial charge in [-0.25, -0.2) is 8.78 Å². The average Bonchev–Trinajstić information content (AvgIpc) is 2.44.